The number of hydrogen-bond acceptors (Lipinski definition) is 7. The lowest BCUT2D eigenvalue weighted by molar-refractivity contribution is 0.102. The Bertz CT molecular complexity index is 995. The number of carbonyl (C=O) groups is 1. The fraction of sp³-hybridized carbons (Fsp3) is 0.316. The quantitative estimate of drug-likeness (QED) is 0.338. The molecule has 5 N–H and O–H groups in total. The Hall–Kier alpha value is -3.17. The highest BCUT2D eigenvalue weighted by atomic mass is 16.1. The Morgan fingerprint density at radius 3 is 2.68 bits per heavy atom. The van der Waals surface area contributed by atoms with Crippen LogP contribution < -0.4 is 21.9 Å². The van der Waals surface area contributed by atoms with Crippen molar-refractivity contribution in [2.24, 2.45) is 5.84 Å². The van der Waals surface area contributed by atoms with Gasteiger partial charge in [0, 0.05) is 18.8 Å². The molecule has 0 aliphatic heterocycles. The number of nitrogen functional groups attached to an aromatic ring is 1. The molecule has 0 bridgehead atoms. The van der Waals surface area contributed by atoms with Gasteiger partial charge in [0.05, 0.1) is 35.5 Å². The van der Waals surface area contributed by atoms with Gasteiger partial charge in [-0.25, -0.2) is 15.8 Å². The van der Waals surface area contributed by atoms with Gasteiger partial charge in [-0.15, -0.1) is 0 Å². The lowest BCUT2D eigenvalue weighted by Crippen LogP contribution is -2.26. The molecular formula is C19H26N8O. The minimum absolute atomic E-state index is 0.222. The Balaban J connectivity index is 1.84. The zero-order valence-corrected chi connectivity index (χ0v) is 16.5. The molecule has 0 aliphatic rings. The van der Waals surface area contributed by atoms with Gasteiger partial charge < -0.3 is 25.4 Å². The van der Waals surface area contributed by atoms with Gasteiger partial charge in [0.15, 0.2) is 5.65 Å². The lowest BCUT2D eigenvalue weighted by Gasteiger charge is -2.20. The van der Waals surface area contributed by atoms with Gasteiger partial charge in [-0.05, 0) is 38.7 Å². The van der Waals surface area contributed by atoms with Crippen LogP contribution in [0.2, 0.25) is 0 Å². The number of anilines is 3. The summed E-state index contributed by atoms with van der Waals surface area (Å²) >= 11 is 0. The van der Waals surface area contributed by atoms with Crippen molar-refractivity contribution in [3.05, 3.63) is 48.0 Å². The number of nitrogens with one attached hydrogen (secondary N) is 1. The van der Waals surface area contributed by atoms with Crippen LogP contribution in [0.1, 0.15) is 35.4 Å². The molecular weight excluding hydrogens is 356 g/mol. The fourth-order valence-electron chi connectivity index (χ4n) is 3.16. The Kier molecular flexibility index (Phi) is 5.48. The van der Waals surface area contributed by atoms with Gasteiger partial charge >= 0.3 is 0 Å². The fourth-order valence-corrected chi connectivity index (χ4v) is 3.16. The summed E-state index contributed by atoms with van der Waals surface area (Å²) in [5.74, 6) is 5.89. The third-order valence-corrected chi connectivity index (χ3v) is 4.63. The van der Waals surface area contributed by atoms with Crippen LogP contribution in [-0.2, 0) is 0 Å². The average molecular weight is 382 g/mol. The first-order valence-corrected chi connectivity index (χ1v) is 9.00. The largest absolute Gasteiger partial charge is 0.397 e. The molecule has 1 unspecified atom stereocenters. The van der Waals surface area contributed by atoms with Crippen LogP contribution in [0.4, 0.5) is 17.2 Å². The monoisotopic (exact) mass is 382 g/mol. The molecule has 9 heteroatoms. The van der Waals surface area contributed by atoms with Crippen molar-refractivity contribution in [2.45, 2.75) is 19.4 Å². The minimum atomic E-state index is -0.296. The summed E-state index contributed by atoms with van der Waals surface area (Å²) in [4.78, 5) is 23.7. The summed E-state index contributed by atoms with van der Waals surface area (Å²) in [6, 6.07) is 5.16. The van der Waals surface area contributed by atoms with E-state index in [1.807, 2.05) is 24.7 Å². The number of aromatic nitrogens is 3. The summed E-state index contributed by atoms with van der Waals surface area (Å²) < 4.78 is 1.87. The third-order valence-electron chi connectivity index (χ3n) is 4.63. The number of benzene rings is 1. The molecule has 0 aliphatic carbocycles. The number of imidazole rings is 1. The van der Waals surface area contributed by atoms with Crippen molar-refractivity contribution in [1.29, 1.82) is 0 Å². The first-order chi connectivity index (χ1) is 13.3. The molecule has 1 atom stereocenters. The highest BCUT2D eigenvalue weighted by Gasteiger charge is 2.16. The van der Waals surface area contributed by atoms with E-state index in [-0.39, 0.29) is 11.9 Å². The normalized spacial score (nSPS) is 12.4. The summed E-state index contributed by atoms with van der Waals surface area (Å²) in [6.45, 7) is 2.12. The van der Waals surface area contributed by atoms with E-state index in [9.17, 15) is 4.79 Å². The maximum Gasteiger partial charge on any atom is 0.256 e. The Morgan fingerprint density at radius 1 is 1.29 bits per heavy atom. The van der Waals surface area contributed by atoms with Crippen molar-refractivity contribution in [1.82, 2.24) is 19.3 Å². The zero-order valence-electron chi connectivity index (χ0n) is 16.5. The van der Waals surface area contributed by atoms with Gasteiger partial charge in [-0.1, -0.05) is 6.92 Å². The molecule has 9 nitrogen and oxygen atoms in total. The maximum absolute atomic E-state index is 12.6. The molecule has 0 saturated heterocycles. The van der Waals surface area contributed by atoms with Crippen molar-refractivity contribution in [3.63, 3.8) is 0 Å². The molecule has 28 heavy (non-hydrogen) atoms. The van der Waals surface area contributed by atoms with Crippen LogP contribution in [0.15, 0.2) is 36.8 Å². The summed E-state index contributed by atoms with van der Waals surface area (Å²) in [5.41, 5.74) is 9.09. The molecule has 148 valence electrons. The van der Waals surface area contributed by atoms with Crippen LogP contribution in [0.25, 0.3) is 5.65 Å². The first kappa shape index (κ1) is 19.6. The summed E-state index contributed by atoms with van der Waals surface area (Å²) in [6.07, 6.45) is 6.30. The molecule has 0 fully saturated rings. The smallest absolute Gasteiger partial charge is 0.256 e. The van der Waals surface area contributed by atoms with Crippen LogP contribution in [0.5, 0.6) is 0 Å². The number of hydrogen-bond donors (Lipinski definition) is 3. The second-order valence-corrected chi connectivity index (χ2v) is 6.93. The van der Waals surface area contributed by atoms with Crippen LogP contribution in [-0.4, -0.2) is 46.3 Å². The zero-order chi connectivity index (χ0) is 20.4. The lowest BCUT2D eigenvalue weighted by atomic mass is 10.1. The number of hydrazine groups is 1. The number of carbonyl (C=O) groups excluding carboxylic acids is 1. The van der Waals surface area contributed by atoms with Crippen LogP contribution in [0, 0.1) is 0 Å². The van der Waals surface area contributed by atoms with E-state index in [2.05, 4.69) is 27.1 Å². The number of fused-ring (bicyclic) bond motifs is 1. The van der Waals surface area contributed by atoms with Gasteiger partial charge in [-0.2, -0.15) is 0 Å². The van der Waals surface area contributed by atoms with E-state index >= 15 is 0 Å². The SMILES string of the molecule is CCC(c1cn2cc(NC(=O)c3ccc(N)c(N(C)N)c3)ncc2n1)N(C)C. The molecule has 0 spiro atoms. The van der Waals surface area contributed by atoms with Crippen LogP contribution >= 0.6 is 0 Å². The first-order valence-electron chi connectivity index (χ1n) is 9.00. The number of rotatable bonds is 6. The summed E-state index contributed by atoms with van der Waals surface area (Å²) in [5, 5.41) is 4.18. The maximum atomic E-state index is 12.6. The van der Waals surface area contributed by atoms with E-state index in [1.54, 1.807) is 37.6 Å². The third kappa shape index (κ3) is 3.90. The van der Waals surface area contributed by atoms with Gasteiger partial charge in [0.1, 0.15) is 5.82 Å². The molecule has 1 aromatic carbocycles. The predicted molar refractivity (Wildman–Crippen MR) is 111 cm³/mol. The van der Waals surface area contributed by atoms with Crippen molar-refractivity contribution >= 4 is 28.7 Å². The van der Waals surface area contributed by atoms with Crippen molar-refractivity contribution < 1.29 is 4.79 Å². The van der Waals surface area contributed by atoms with Crippen LogP contribution in [0.3, 0.4) is 0 Å². The molecule has 1 amide bonds. The second-order valence-electron chi connectivity index (χ2n) is 6.93. The predicted octanol–water partition coefficient (Wildman–Crippen LogP) is 1.89. The number of nitrogens with two attached hydrogens (primary N) is 2. The highest BCUT2D eigenvalue weighted by Crippen LogP contribution is 2.23. The standard InChI is InChI=1S/C19H26N8O/c1-5-15(25(2)3)14-10-27-11-17(22-9-18(27)23-14)24-19(28)12-6-7-13(20)16(8-12)26(4)21/h6-11,15H,5,20-21H2,1-4H3,(H,24,28). The molecule has 3 aromatic rings. The van der Waals surface area contributed by atoms with Crippen molar-refractivity contribution in [2.75, 3.05) is 37.2 Å². The average Bonchev–Trinajstić information content (AvgIpc) is 3.04. The summed E-state index contributed by atoms with van der Waals surface area (Å²) in [7, 11) is 5.72. The Morgan fingerprint density at radius 2 is 2.04 bits per heavy atom. The molecule has 3 rings (SSSR count). The van der Waals surface area contributed by atoms with Gasteiger partial charge in [0.25, 0.3) is 5.91 Å². The Labute approximate surface area is 163 Å². The topological polar surface area (TPSA) is 118 Å². The second kappa shape index (κ2) is 7.83. The van der Waals surface area contributed by atoms with Gasteiger partial charge in [-0.3, -0.25) is 4.79 Å². The molecule has 2 aromatic heterocycles. The van der Waals surface area contributed by atoms with Gasteiger partial charge in [0.2, 0.25) is 0 Å². The molecule has 0 radical (unpaired) electrons. The number of nitrogens with zero attached hydrogens (tertiary/aromatic N) is 5. The van der Waals surface area contributed by atoms with E-state index < -0.39 is 0 Å². The van der Waals surface area contributed by atoms with E-state index in [4.69, 9.17) is 11.6 Å². The van der Waals surface area contributed by atoms with Crippen molar-refractivity contribution in [3.8, 4) is 0 Å². The highest BCUT2D eigenvalue weighted by molar-refractivity contribution is 6.04. The number of amides is 1. The molecule has 2 heterocycles. The van der Waals surface area contributed by atoms with E-state index in [0.29, 0.717) is 22.8 Å². The van der Waals surface area contributed by atoms with E-state index in [0.717, 1.165) is 17.8 Å². The molecule has 0 saturated carbocycles. The van der Waals surface area contributed by atoms with E-state index in [1.165, 1.54) is 5.01 Å². The minimum Gasteiger partial charge on any atom is -0.397 e.